The van der Waals surface area contributed by atoms with Crippen LogP contribution < -0.4 is 10.5 Å². The predicted octanol–water partition coefficient (Wildman–Crippen LogP) is 4.82. The molecule has 5 aromatic rings. The van der Waals surface area contributed by atoms with Crippen molar-refractivity contribution in [2.24, 2.45) is 12.8 Å². The molecule has 7 nitrogen and oxygen atoms in total. The third-order valence-corrected chi connectivity index (χ3v) is 7.34. The minimum absolute atomic E-state index is 0. The van der Waals surface area contributed by atoms with Crippen LogP contribution in [0.2, 0.25) is 0 Å². The standard InChI is InChI=1S/C26H23N5O2S.ClH/c1-31-22(14-17-7-9-19(10-8-17)26(27)28)16-20-15-21(11-12-23(20)31)30-34(32,33)24-6-2-4-18-5-3-13-29-25(18)24;/h2-13,15-16,30H,14H2,1H3,(H3,27,28);1H. The Bertz CT molecular complexity index is 1660. The average Bonchev–Trinajstić information content (AvgIpc) is 3.13. The van der Waals surface area contributed by atoms with Crippen LogP contribution in [0.1, 0.15) is 16.8 Å². The first-order valence-corrected chi connectivity index (χ1v) is 12.2. The lowest BCUT2D eigenvalue weighted by atomic mass is 10.1. The molecule has 0 spiro atoms. The number of halogens is 1. The summed E-state index contributed by atoms with van der Waals surface area (Å²) in [6.07, 6.45) is 2.29. The molecule has 0 atom stereocenters. The highest BCUT2D eigenvalue weighted by atomic mass is 35.5. The van der Waals surface area contributed by atoms with Gasteiger partial charge in [0.05, 0.1) is 5.52 Å². The number of benzene rings is 3. The Hall–Kier alpha value is -3.88. The number of amidine groups is 1. The SMILES string of the molecule is Cl.Cn1c(Cc2ccc(C(=N)N)cc2)cc2cc(NS(=O)(=O)c3cccc4cccnc34)ccc21. The van der Waals surface area contributed by atoms with Crippen LogP contribution in [0.25, 0.3) is 21.8 Å². The van der Waals surface area contributed by atoms with Gasteiger partial charge in [-0.1, -0.05) is 42.5 Å². The molecular formula is C26H24ClN5O2S. The Morgan fingerprint density at radius 3 is 2.49 bits per heavy atom. The summed E-state index contributed by atoms with van der Waals surface area (Å²) < 4.78 is 31.1. The Morgan fingerprint density at radius 1 is 1.00 bits per heavy atom. The second-order valence-corrected chi connectivity index (χ2v) is 9.84. The smallest absolute Gasteiger partial charge is 0.264 e. The number of sulfonamides is 1. The lowest BCUT2D eigenvalue weighted by Crippen LogP contribution is -2.13. The van der Waals surface area contributed by atoms with Crippen LogP contribution in [0.4, 0.5) is 5.69 Å². The van der Waals surface area contributed by atoms with E-state index < -0.39 is 10.0 Å². The van der Waals surface area contributed by atoms with E-state index in [0.29, 0.717) is 23.2 Å². The zero-order chi connectivity index (χ0) is 23.9. The van der Waals surface area contributed by atoms with Gasteiger partial charge in [0, 0.05) is 52.9 Å². The summed E-state index contributed by atoms with van der Waals surface area (Å²) in [5.74, 6) is 0.0467. The molecule has 0 fully saturated rings. The molecule has 0 aliphatic heterocycles. The largest absolute Gasteiger partial charge is 0.384 e. The molecule has 35 heavy (non-hydrogen) atoms. The zero-order valence-corrected chi connectivity index (χ0v) is 20.5. The third-order valence-electron chi connectivity index (χ3n) is 5.93. The second kappa shape index (κ2) is 9.40. The second-order valence-electron chi connectivity index (χ2n) is 8.19. The monoisotopic (exact) mass is 505 g/mol. The number of para-hydroxylation sites is 1. The highest BCUT2D eigenvalue weighted by Crippen LogP contribution is 2.27. The fourth-order valence-corrected chi connectivity index (χ4v) is 5.38. The number of nitrogen functional groups attached to an aromatic ring is 1. The van der Waals surface area contributed by atoms with Gasteiger partial charge in [0.15, 0.2) is 0 Å². The maximum atomic E-state index is 13.2. The van der Waals surface area contributed by atoms with Crippen molar-refractivity contribution in [3.63, 3.8) is 0 Å². The highest BCUT2D eigenvalue weighted by Gasteiger charge is 2.19. The quantitative estimate of drug-likeness (QED) is 0.226. The molecule has 0 amide bonds. The molecule has 0 aliphatic carbocycles. The van der Waals surface area contributed by atoms with E-state index in [4.69, 9.17) is 11.1 Å². The van der Waals surface area contributed by atoms with E-state index in [1.807, 2.05) is 55.6 Å². The summed E-state index contributed by atoms with van der Waals surface area (Å²) in [6.45, 7) is 0. The van der Waals surface area contributed by atoms with E-state index in [1.165, 1.54) is 0 Å². The van der Waals surface area contributed by atoms with Crippen molar-refractivity contribution in [3.8, 4) is 0 Å². The van der Waals surface area contributed by atoms with Crippen molar-refractivity contribution in [1.29, 1.82) is 5.41 Å². The number of nitrogens with one attached hydrogen (secondary N) is 2. The molecule has 0 radical (unpaired) electrons. The highest BCUT2D eigenvalue weighted by molar-refractivity contribution is 7.93. The van der Waals surface area contributed by atoms with Crippen LogP contribution in [0.5, 0.6) is 0 Å². The van der Waals surface area contributed by atoms with Gasteiger partial charge in [0.1, 0.15) is 10.7 Å². The molecule has 0 saturated carbocycles. The number of hydrogen-bond acceptors (Lipinski definition) is 4. The van der Waals surface area contributed by atoms with E-state index in [2.05, 4.69) is 20.3 Å². The van der Waals surface area contributed by atoms with E-state index in [-0.39, 0.29) is 23.1 Å². The number of nitrogens with two attached hydrogens (primary N) is 1. The van der Waals surface area contributed by atoms with Gasteiger partial charge in [0.25, 0.3) is 10.0 Å². The van der Waals surface area contributed by atoms with E-state index in [9.17, 15) is 8.42 Å². The topological polar surface area (TPSA) is 114 Å². The molecule has 0 bridgehead atoms. The summed E-state index contributed by atoms with van der Waals surface area (Å²) in [6, 6.07) is 23.9. The molecule has 4 N–H and O–H groups in total. The van der Waals surface area contributed by atoms with E-state index in [0.717, 1.165) is 27.5 Å². The number of fused-ring (bicyclic) bond motifs is 2. The molecule has 178 valence electrons. The average molecular weight is 506 g/mol. The minimum Gasteiger partial charge on any atom is -0.384 e. The van der Waals surface area contributed by atoms with E-state index in [1.54, 1.807) is 30.5 Å². The maximum absolute atomic E-state index is 13.2. The number of hydrogen-bond donors (Lipinski definition) is 3. The van der Waals surface area contributed by atoms with Crippen molar-refractivity contribution in [1.82, 2.24) is 9.55 Å². The number of aryl methyl sites for hydroxylation is 1. The Kier molecular flexibility index (Phi) is 6.51. The van der Waals surface area contributed by atoms with Crippen molar-refractivity contribution in [2.75, 3.05) is 4.72 Å². The molecule has 2 aromatic heterocycles. The van der Waals surface area contributed by atoms with Gasteiger partial charge in [-0.15, -0.1) is 12.4 Å². The third kappa shape index (κ3) is 4.71. The van der Waals surface area contributed by atoms with Gasteiger partial charge >= 0.3 is 0 Å². The van der Waals surface area contributed by atoms with Crippen LogP contribution in [-0.2, 0) is 23.5 Å². The van der Waals surface area contributed by atoms with Crippen LogP contribution in [-0.4, -0.2) is 23.8 Å². The van der Waals surface area contributed by atoms with Crippen molar-refractivity contribution in [3.05, 3.63) is 102 Å². The molecule has 0 saturated heterocycles. The molecule has 0 aliphatic rings. The van der Waals surface area contributed by atoms with Gasteiger partial charge in [0.2, 0.25) is 0 Å². The first-order chi connectivity index (χ1) is 16.3. The lowest BCUT2D eigenvalue weighted by Gasteiger charge is -2.10. The fraction of sp³-hybridized carbons (Fsp3) is 0.0769. The summed E-state index contributed by atoms with van der Waals surface area (Å²) in [7, 11) is -1.83. The van der Waals surface area contributed by atoms with Gasteiger partial charge in [-0.2, -0.15) is 0 Å². The van der Waals surface area contributed by atoms with Gasteiger partial charge < -0.3 is 10.3 Å². The molecule has 3 aromatic carbocycles. The number of pyridine rings is 1. The van der Waals surface area contributed by atoms with Gasteiger partial charge in [-0.05, 0) is 42.0 Å². The van der Waals surface area contributed by atoms with Crippen LogP contribution in [0, 0.1) is 5.41 Å². The number of aromatic nitrogens is 2. The first kappa shape index (κ1) is 24.3. The van der Waals surface area contributed by atoms with Crippen molar-refractivity contribution >= 4 is 55.8 Å². The minimum atomic E-state index is -3.82. The predicted molar refractivity (Wildman–Crippen MR) is 143 cm³/mol. The Morgan fingerprint density at radius 2 is 1.74 bits per heavy atom. The Labute approximate surface area is 209 Å². The van der Waals surface area contributed by atoms with Gasteiger partial charge in [-0.3, -0.25) is 15.1 Å². The molecule has 2 heterocycles. The van der Waals surface area contributed by atoms with Crippen LogP contribution in [0.15, 0.2) is 90.0 Å². The van der Waals surface area contributed by atoms with Crippen LogP contribution >= 0.6 is 12.4 Å². The first-order valence-electron chi connectivity index (χ1n) is 10.7. The summed E-state index contributed by atoms with van der Waals surface area (Å²) in [5.41, 5.74) is 10.4. The maximum Gasteiger partial charge on any atom is 0.264 e. The van der Waals surface area contributed by atoms with Gasteiger partial charge in [-0.25, -0.2) is 8.42 Å². The number of rotatable bonds is 6. The molecule has 5 rings (SSSR count). The zero-order valence-electron chi connectivity index (χ0n) is 18.9. The number of nitrogens with zero attached hydrogens (tertiary/aromatic N) is 2. The summed E-state index contributed by atoms with van der Waals surface area (Å²) in [5, 5.41) is 9.24. The van der Waals surface area contributed by atoms with E-state index >= 15 is 0 Å². The molecular weight excluding hydrogens is 482 g/mol. The lowest BCUT2D eigenvalue weighted by molar-refractivity contribution is 0.602. The van der Waals surface area contributed by atoms with Crippen molar-refractivity contribution in [2.45, 2.75) is 11.3 Å². The Balaban J connectivity index is 0.00000289. The number of anilines is 1. The van der Waals surface area contributed by atoms with Crippen molar-refractivity contribution < 1.29 is 8.42 Å². The summed E-state index contributed by atoms with van der Waals surface area (Å²) >= 11 is 0. The summed E-state index contributed by atoms with van der Waals surface area (Å²) in [4.78, 5) is 4.41. The molecule has 9 heteroatoms. The van der Waals surface area contributed by atoms with Crippen LogP contribution in [0.3, 0.4) is 0 Å². The normalized spacial score (nSPS) is 11.3. The fourth-order valence-electron chi connectivity index (χ4n) is 4.15. The molecule has 0 unspecified atom stereocenters.